The Kier molecular flexibility index (Phi) is 4.57. The zero-order chi connectivity index (χ0) is 14.7. The number of benzene rings is 1. The average Bonchev–Trinajstić information content (AvgIpc) is 2.37. The van der Waals surface area contributed by atoms with Gasteiger partial charge in [-0.15, -0.1) is 0 Å². The van der Waals surface area contributed by atoms with Crippen LogP contribution in [0.4, 0.5) is 15.8 Å². The van der Waals surface area contributed by atoms with Crippen molar-refractivity contribution >= 4 is 17.3 Å². The number of carbonyl (C=O) groups is 1. The molecule has 1 aliphatic heterocycles. The number of halogens is 1. The smallest absolute Gasteiger partial charge is 0.238 e. The minimum atomic E-state index is -0.420. The third kappa shape index (κ3) is 3.68. The first-order valence-corrected chi connectivity index (χ1v) is 6.66. The molecule has 1 heterocycles. The third-order valence-electron chi connectivity index (χ3n) is 3.37. The zero-order valence-corrected chi connectivity index (χ0v) is 11.7. The summed E-state index contributed by atoms with van der Waals surface area (Å²) in [5.41, 5.74) is 6.32. The lowest BCUT2D eigenvalue weighted by Crippen LogP contribution is -2.50. The van der Waals surface area contributed by atoms with Crippen molar-refractivity contribution in [3.05, 3.63) is 24.0 Å². The van der Waals surface area contributed by atoms with Gasteiger partial charge in [0.15, 0.2) is 0 Å². The van der Waals surface area contributed by atoms with Crippen LogP contribution in [-0.2, 0) is 9.53 Å². The van der Waals surface area contributed by atoms with Gasteiger partial charge >= 0.3 is 0 Å². The van der Waals surface area contributed by atoms with E-state index in [2.05, 4.69) is 10.2 Å². The molecule has 1 saturated heterocycles. The molecule has 0 aromatic heterocycles. The van der Waals surface area contributed by atoms with Crippen LogP contribution in [-0.4, -0.2) is 42.6 Å². The summed E-state index contributed by atoms with van der Waals surface area (Å²) in [7, 11) is 0. The minimum absolute atomic E-state index is 0.120. The maximum atomic E-state index is 12.9. The highest BCUT2D eigenvalue weighted by Crippen LogP contribution is 2.19. The number of nitrogens with zero attached hydrogens (tertiary/aromatic N) is 1. The van der Waals surface area contributed by atoms with E-state index in [0.717, 1.165) is 0 Å². The Balaban J connectivity index is 1.94. The SMILES string of the molecule is CC1CN(CC(=O)Nc2ccc(F)cc2N)C(C)CO1. The summed E-state index contributed by atoms with van der Waals surface area (Å²) in [6, 6.07) is 4.12. The summed E-state index contributed by atoms with van der Waals surface area (Å²) in [5.74, 6) is -0.583. The lowest BCUT2D eigenvalue weighted by atomic mass is 10.2. The number of nitrogens with two attached hydrogens (primary N) is 1. The highest BCUT2D eigenvalue weighted by atomic mass is 19.1. The van der Waals surface area contributed by atoms with Gasteiger partial charge in [-0.25, -0.2) is 4.39 Å². The molecule has 2 atom stereocenters. The van der Waals surface area contributed by atoms with Gasteiger partial charge in [-0.1, -0.05) is 0 Å². The molecular formula is C14H20FN3O2. The van der Waals surface area contributed by atoms with Crippen molar-refractivity contribution in [1.29, 1.82) is 0 Å². The second kappa shape index (κ2) is 6.19. The first-order chi connectivity index (χ1) is 9.45. The van der Waals surface area contributed by atoms with Crippen LogP contribution in [0, 0.1) is 5.82 Å². The molecule has 1 fully saturated rings. The molecule has 1 aromatic rings. The van der Waals surface area contributed by atoms with Gasteiger partial charge < -0.3 is 15.8 Å². The Morgan fingerprint density at radius 1 is 1.55 bits per heavy atom. The number of nitrogens with one attached hydrogen (secondary N) is 1. The Morgan fingerprint density at radius 3 is 3.00 bits per heavy atom. The molecular weight excluding hydrogens is 261 g/mol. The average molecular weight is 281 g/mol. The van der Waals surface area contributed by atoms with Crippen LogP contribution in [0.5, 0.6) is 0 Å². The van der Waals surface area contributed by atoms with Crippen molar-refractivity contribution < 1.29 is 13.9 Å². The minimum Gasteiger partial charge on any atom is -0.397 e. The summed E-state index contributed by atoms with van der Waals surface area (Å²) < 4.78 is 18.5. The van der Waals surface area contributed by atoms with Gasteiger partial charge in [0.05, 0.1) is 30.6 Å². The van der Waals surface area contributed by atoms with Crippen molar-refractivity contribution in [1.82, 2.24) is 4.90 Å². The molecule has 0 spiro atoms. The van der Waals surface area contributed by atoms with Gasteiger partial charge in [0.25, 0.3) is 0 Å². The fraction of sp³-hybridized carbons (Fsp3) is 0.500. The molecule has 6 heteroatoms. The number of hydrogen-bond acceptors (Lipinski definition) is 4. The summed E-state index contributed by atoms with van der Waals surface area (Å²) >= 11 is 0. The Hall–Kier alpha value is -1.66. The molecule has 0 saturated carbocycles. The summed E-state index contributed by atoms with van der Waals surface area (Å²) in [5, 5.41) is 2.71. The van der Waals surface area contributed by atoms with Crippen LogP contribution in [0.3, 0.4) is 0 Å². The lowest BCUT2D eigenvalue weighted by Gasteiger charge is -2.36. The van der Waals surface area contributed by atoms with Crippen molar-refractivity contribution in [3.8, 4) is 0 Å². The zero-order valence-electron chi connectivity index (χ0n) is 11.7. The van der Waals surface area contributed by atoms with Gasteiger partial charge in [-0.3, -0.25) is 9.69 Å². The Labute approximate surface area is 117 Å². The lowest BCUT2D eigenvalue weighted by molar-refractivity contribution is -0.121. The van der Waals surface area contributed by atoms with Gasteiger partial charge in [-0.2, -0.15) is 0 Å². The van der Waals surface area contributed by atoms with Crippen LogP contribution in [0.2, 0.25) is 0 Å². The normalized spacial score (nSPS) is 23.6. The van der Waals surface area contributed by atoms with Crippen molar-refractivity contribution in [3.63, 3.8) is 0 Å². The monoisotopic (exact) mass is 281 g/mol. The number of nitrogen functional groups attached to an aromatic ring is 1. The highest BCUT2D eigenvalue weighted by molar-refractivity contribution is 5.95. The molecule has 0 aliphatic carbocycles. The first-order valence-electron chi connectivity index (χ1n) is 6.66. The quantitative estimate of drug-likeness (QED) is 0.823. The van der Waals surface area contributed by atoms with E-state index in [4.69, 9.17) is 10.5 Å². The van der Waals surface area contributed by atoms with E-state index in [9.17, 15) is 9.18 Å². The van der Waals surface area contributed by atoms with E-state index in [-0.39, 0.29) is 30.3 Å². The number of carbonyl (C=O) groups excluding carboxylic acids is 1. The van der Waals surface area contributed by atoms with Crippen LogP contribution in [0.25, 0.3) is 0 Å². The summed E-state index contributed by atoms with van der Waals surface area (Å²) in [4.78, 5) is 14.1. The predicted octanol–water partition coefficient (Wildman–Crippen LogP) is 1.46. The standard InChI is InChI=1S/C14H20FN3O2/c1-9-8-20-10(2)6-18(9)7-14(19)17-13-4-3-11(15)5-12(13)16/h3-5,9-10H,6-8,16H2,1-2H3,(H,17,19). The molecule has 1 aromatic carbocycles. The van der Waals surface area contributed by atoms with Crippen LogP contribution < -0.4 is 11.1 Å². The molecule has 3 N–H and O–H groups in total. The van der Waals surface area contributed by atoms with Crippen LogP contribution >= 0.6 is 0 Å². The fourth-order valence-electron chi connectivity index (χ4n) is 2.21. The topological polar surface area (TPSA) is 67.6 Å². The summed E-state index contributed by atoms with van der Waals surface area (Å²) in [6.07, 6.45) is 0.120. The van der Waals surface area contributed by atoms with Crippen molar-refractivity contribution in [2.45, 2.75) is 26.0 Å². The highest BCUT2D eigenvalue weighted by Gasteiger charge is 2.25. The first kappa shape index (κ1) is 14.7. The second-order valence-corrected chi connectivity index (χ2v) is 5.20. The maximum absolute atomic E-state index is 12.9. The predicted molar refractivity (Wildman–Crippen MR) is 75.9 cm³/mol. The van der Waals surface area contributed by atoms with E-state index < -0.39 is 5.82 Å². The van der Waals surface area contributed by atoms with Crippen molar-refractivity contribution in [2.24, 2.45) is 0 Å². The van der Waals surface area contributed by atoms with E-state index in [1.165, 1.54) is 18.2 Å². The van der Waals surface area contributed by atoms with Gasteiger partial charge in [0.1, 0.15) is 5.82 Å². The third-order valence-corrected chi connectivity index (χ3v) is 3.37. The number of hydrogen-bond donors (Lipinski definition) is 2. The molecule has 1 amide bonds. The molecule has 110 valence electrons. The molecule has 1 aliphatic rings. The van der Waals surface area contributed by atoms with Gasteiger partial charge in [0.2, 0.25) is 5.91 Å². The van der Waals surface area contributed by atoms with Gasteiger partial charge in [-0.05, 0) is 32.0 Å². The summed E-state index contributed by atoms with van der Waals surface area (Å²) in [6.45, 7) is 5.60. The van der Waals surface area contributed by atoms with Crippen LogP contribution in [0.15, 0.2) is 18.2 Å². The Morgan fingerprint density at radius 2 is 2.30 bits per heavy atom. The van der Waals surface area contributed by atoms with Crippen LogP contribution in [0.1, 0.15) is 13.8 Å². The van der Waals surface area contributed by atoms with E-state index >= 15 is 0 Å². The molecule has 2 rings (SSSR count). The van der Waals surface area contributed by atoms with E-state index in [0.29, 0.717) is 18.8 Å². The van der Waals surface area contributed by atoms with Gasteiger partial charge in [0, 0.05) is 12.6 Å². The van der Waals surface area contributed by atoms with E-state index in [1.807, 2.05) is 13.8 Å². The number of anilines is 2. The molecule has 0 radical (unpaired) electrons. The number of rotatable bonds is 3. The Bertz CT molecular complexity index is 495. The molecule has 2 unspecified atom stereocenters. The van der Waals surface area contributed by atoms with Crippen molar-refractivity contribution in [2.75, 3.05) is 30.7 Å². The molecule has 5 nitrogen and oxygen atoms in total. The number of morpholine rings is 1. The number of amides is 1. The second-order valence-electron chi connectivity index (χ2n) is 5.20. The molecule has 0 bridgehead atoms. The fourth-order valence-corrected chi connectivity index (χ4v) is 2.21. The maximum Gasteiger partial charge on any atom is 0.238 e. The molecule has 20 heavy (non-hydrogen) atoms. The number of ether oxygens (including phenoxy) is 1. The largest absolute Gasteiger partial charge is 0.397 e. The van der Waals surface area contributed by atoms with E-state index in [1.54, 1.807) is 0 Å².